The Morgan fingerprint density at radius 2 is 1.73 bits per heavy atom. The second-order valence-corrected chi connectivity index (χ2v) is 6.42. The van der Waals surface area contributed by atoms with Crippen molar-refractivity contribution in [1.82, 2.24) is 0 Å². The summed E-state index contributed by atoms with van der Waals surface area (Å²) in [7, 11) is 0. The molecular formula is C23H18O3. The lowest BCUT2D eigenvalue weighted by Crippen LogP contribution is -2.30. The Bertz CT molecular complexity index is 1010. The van der Waals surface area contributed by atoms with Gasteiger partial charge in [0.05, 0.1) is 5.41 Å². The summed E-state index contributed by atoms with van der Waals surface area (Å²) in [6.45, 7) is 7.58. The van der Waals surface area contributed by atoms with E-state index in [1.807, 2.05) is 36.4 Å². The van der Waals surface area contributed by atoms with Crippen LogP contribution >= 0.6 is 0 Å². The lowest BCUT2D eigenvalue weighted by Gasteiger charge is -2.38. The van der Waals surface area contributed by atoms with Crippen LogP contribution in [0.5, 0.6) is 17.2 Å². The zero-order valence-electron chi connectivity index (χ0n) is 14.2. The van der Waals surface area contributed by atoms with E-state index in [9.17, 15) is 9.90 Å². The smallest absolute Gasteiger partial charge is 0.164 e. The van der Waals surface area contributed by atoms with E-state index < -0.39 is 5.41 Å². The van der Waals surface area contributed by atoms with Crippen LogP contribution in [0, 0.1) is 0 Å². The van der Waals surface area contributed by atoms with E-state index in [0.717, 1.165) is 16.7 Å². The molecule has 0 radical (unpaired) electrons. The molecule has 0 aromatic heterocycles. The van der Waals surface area contributed by atoms with Gasteiger partial charge in [-0.2, -0.15) is 0 Å². The van der Waals surface area contributed by atoms with Crippen molar-refractivity contribution >= 4 is 5.78 Å². The Morgan fingerprint density at radius 1 is 1.00 bits per heavy atom. The molecule has 1 N–H and O–H groups in total. The summed E-state index contributed by atoms with van der Waals surface area (Å²) in [5, 5.41) is 9.92. The average molecular weight is 342 g/mol. The Kier molecular flexibility index (Phi) is 3.66. The second-order valence-electron chi connectivity index (χ2n) is 6.42. The van der Waals surface area contributed by atoms with Crippen molar-refractivity contribution in [2.24, 2.45) is 0 Å². The van der Waals surface area contributed by atoms with Crippen LogP contribution in [0.3, 0.4) is 0 Å². The third-order valence-electron chi connectivity index (χ3n) is 5.04. The minimum atomic E-state index is -0.669. The third kappa shape index (κ3) is 2.10. The number of hydrogen-bond donors (Lipinski definition) is 1. The van der Waals surface area contributed by atoms with Crippen molar-refractivity contribution < 1.29 is 14.6 Å². The third-order valence-corrected chi connectivity index (χ3v) is 5.04. The topological polar surface area (TPSA) is 46.5 Å². The summed E-state index contributed by atoms with van der Waals surface area (Å²) < 4.78 is 6.04. The molecule has 2 aromatic carbocycles. The number of Topliss-reactive ketones (excluding diaryl/α,β-unsaturated/α-hetero) is 1. The Labute approximate surface area is 152 Å². The van der Waals surface area contributed by atoms with Gasteiger partial charge >= 0.3 is 0 Å². The zero-order chi connectivity index (χ0) is 18.3. The number of hydrogen-bond acceptors (Lipinski definition) is 3. The number of carbonyl (C=O) groups is 1. The second kappa shape index (κ2) is 5.88. The molecule has 3 heteroatoms. The van der Waals surface area contributed by atoms with E-state index in [4.69, 9.17) is 4.74 Å². The molecule has 0 amide bonds. The first-order valence-electron chi connectivity index (χ1n) is 8.42. The quantitative estimate of drug-likeness (QED) is 0.783. The molecule has 1 fully saturated rings. The number of ketones is 1. The van der Waals surface area contributed by atoms with Gasteiger partial charge in [0.2, 0.25) is 0 Å². The van der Waals surface area contributed by atoms with E-state index in [1.165, 1.54) is 0 Å². The minimum absolute atomic E-state index is 0.0497. The molecule has 0 saturated heterocycles. The maximum atomic E-state index is 12.9. The van der Waals surface area contributed by atoms with Crippen LogP contribution in [0.4, 0.5) is 0 Å². The molecular weight excluding hydrogens is 324 g/mol. The first-order chi connectivity index (χ1) is 12.6. The Hall–Kier alpha value is -3.33. The van der Waals surface area contributed by atoms with Crippen LogP contribution in [0.2, 0.25) is 0 Å². The first kappa shape index (κ1) is 16.2. The van der Waals surface area contributed by atoms with Gasteiger partial charge in [-0.25, -0.2) is 0 Å². The lowest BCUT2D eigenvalue weighted by atomic mass is 9.68. The highest BCUT2D eigenvalue weighted by atomic mass is 16.5. The summed E-state index contributed by atoms with van der Waals surface area (Å²) >= 11 is 0. The SMILES string of the molecule is C=C/C=C1\C(=C/C=C)C(=O)CC12c1ccccc1Oc1cc(O)ccc12. The number of phenolic OH excluding ortho intramolecular Hbond substituents is 1. The fourth-order valence-corrected chi connectivity index (χ4v) is 4.06. The first-order valence-corrected chi connectivity index (χ1v) is 8.42. The van der Waals surface area contributed by atoms with Crippen molar-refractivity contribution in [2.75, 3.05) is 0 Å². The van der Waals surface area contributed by atoms with E-state index in [0.29, 0.717) is 23.5 Å². The van der Waals surface area contributed by atoms with Gasteiger partial charge < -0.3 is 9.84 Å². The summed E-state index contributed by atoms with van der Waals surface area (Å²) in [6.07, 6.45) is 7.27. The van der Waals surface area contributed by atoms with Gasteiger partial charge in [0, 0.05) is 29.2 Å². The standard InChI is InChI=1S/C23H18O3/c1-3-7-16-17(8-4-2)23(14-20(16)25)18-9-5-6-10-21(18)26-22-13-15(24)11-12-19(22)23/h3-13,24H,1-2,14H2/b16-7+,17-8+. The molecule has 1 aliphatic heterocycles. The monoisotopic (exact) mass is 342 g/mol. The molecule has 1 saturated carbocycles. The predicted octanol–water partition coefficient (Wildman–Crippen LogP) is 4.98. The van der Waals surface area contributed by atoms with Crippen LogP contribution < -0.4 is 4.74 Å². The largest absolute Gasteiger partial charge is 0.508 e. The van der Waals surface area contributed by atoms with E-state index in [2.05, 4.69) is 13.2 Å². The highest BCUT2D eigenvalue weighted by molar-refractivity contribution is 6.07. The van der Waals surface area contributed by atoms with Crippen LogP contribution in [0.25, 0.3) is 0 Å². The average Bonchev–Trinajstić information content (AvgIpc) is 2.89. The van der Waals surface area contributed by atoms with Crippen LogP contribution in [-0.2, 0) is 10.2 Å². The van der Waals surface area contributed by atoms with Crippen molar-refractivity contribution in [3.8, 4) is 17.2 Å². The number of allylic oxidation sites excluding steroid dienone is 6. The summed E-state index contributed by atoms with van der Waals surface area (Å²) in [5.74, 6) is 1.42. The maximum Gasteiger partial charge on any atom is 0.164 e. The maximum absolute atomic E-state index is 12.9. The van der Waals surface area contributed by atoms with Crippen molar-refractivity contribution in [1.29, 1.82) is 0 Å². The van der Waals surface area contributed by atoms with Crippen molar-refractivity contribution in [3.63, 3.8) is 0 Å². The summed E-state index contributed by atoms with van der Waals surface area (Å²) in [5.41, 5.74) is 2.64. The molecule has 1 aliphatic carbocycles. The number of ether oxygens (including phenoxy) is 1. The molecule has 4 rings (SSSR count). The number of benzene rings is 2. The Balaban J connectivity index is 2.11. The number of rotatable bonds is 2. The highest BCUT2D eigenvalue weighted by Gasteiger charge is 2.52. The van der Waals surface area contributed by atoms with E-state index >= 15 is 0 Å². The van der Waals surface area contributed by atoms with E-state index in [1.54, 1.807) is 30.4 Å². The summed E-state index contributed by atoms with van der Waals surface area (Å²) in [6, 6.07) is 12.8. The highest BCUT2D eigenvalue weighted by Crippen LogP contribution is 2.59. The van der Waals surface area contributed by atoms with Crippen molar-refractivity contribution in [2.45, 2.75) is 11.8 Å². The molecule has 2 aromatic rings. The normalized spacial score (nSPS) is 23.6. The molecule has 26 heavy (non-hydrogen) atoms. The number of fused-ring (bicyclic) bond motifs is 4. The minimum Gasteiger partial charge on any atom is -0.508 e. The molecule has 1 heterocycles. The van der Waals surface area contributed by atoms with Gasteiger partial charge in [-0.1, -0.05) is 61.7 Å². The molecule has 0 bridgehead atoms. The molecule has 128 valence electrons. The van der Waals surface area contributed by atoms with Crippen LogP contribution in [0.15, 0.2) is 91.1 Å². The van der Waals surface area contributed by atoms with Gasteiger partial charge in [-0.15, -0.1) is 0 Å². The lowest BCUT2D eigenvalue weighted by molar-refractivity contribution is -0.114. The zero-order valence-corrected chi connectivity index (χ0v) is 14.2. The molecule has 2 aliphatic rings. The number of phenols is 1. The van der Waals surface area contributed by atoms with Gasteiger partial charge in [0.1, 0.15) is 17.2 Å². The van der Waals surface area contributed by atoms with E-state index in [-0.39, 0.29) is 11.5 Å². The molecule has 1 atom stereocenters. The molecule has 1 spiro atoms. The van der Waals surface area contributed by atoms with Gasteiger partial charge in [-0.05, 0) is 17.7 Å². The van der Waals surface area contributed by atoms with Gasteiger partial charge in [0.25, 0.3) is 0 Å². The Morgan fingerprint density at radius 3 is 2.50 bits per heavy atom. The molecule has 3 nitrogen and oxygen atoms in total. The molecule has 1 unspecified atom stereocenters. The van der Waals surface area contributed by atoms with Gasteiger partial charge in [-0.3, -0.25) is 4.79 Å². The predicted molar refractivity (Wildman–Crippen MR) is 102 cm³/mol. The number of carbonyl (C=O) groups excluding carboxylic acids is 1. The fraction of sp³-hybridized carbons (Fsp3) is 0.0870. The number of para-hydroxylation sites is 1. The fourth-order valence-electron chi connectivity index (χ4n) is 4.06. The number of aromatic hydroxyl groups is 1. The van der Waals surface area contributed by atoms with Crippen molar-refractivity contribution in [3.05, 3.63) is 102 Å². The van der Waals surface area contributed by atoms with Crippen LogP contribution in [-0.4, -0.2) is 10.9 Å². The van der Waals surface area contributed by atoms with Crippen LogP contribution in [0.1, 0.15) is 17.5 Å². The summed E-state index contributed by atoms with van der Waals surface area (Å²) in [4.78, 5) is 12.9. The van der Waals surface area contributed by atoms with Gasteiger partial charge in [0.15, 0.2) is 5.78 Å².